The van der Waals surface area contributed by atoms with Crippen LogP contribution in [0.25, 0.3) is 0 Å². The zero-order valence-corrected chi connectivity index (χ0v) is 13.5. The fourth-order valence-electron chi connectivity index (χ4n) is 2.74. The van der Waals surface area contributed by atoms with Crippen molar-refractivity contribution in [2.75, 3.05) is 24.2 Å². The van der Waals surface area contributed by atoms with Crippen LogP contribution in [0, 0.1) is 0 Å². The summed E-state index contributed by atoms with van der Waals surface area (Å²) in [5.41, 5.74) is 5.52. The fourth-order valence-corrected chi connectivity index (χ4v) is 2.74. The number of pyridine rings is 1. The molecule has 1 heterocycles. The lowest BCUT2D eigenvalue weighted by Gasteiger charge is -2.30. The van der Waals surface area contributed by atoms with Crippen molar-refractivity contribution in [1.29, 1.82) is 0 Å². The Labute approximate surface area is 127 Å². The first kappa shape index (κ1) is 15.9. The number of ether oxygens (including phenoxy) is 1. The molecule has 1 saturated carbocycles. The van der Waals surface area contributed by atoms with Gasteiger partial charge in [0.1, 0.15) is 11.4 Å². The third kappa shape index (κ3) is 4.24. The number of hydrogen-bond donors (Lipinski definition) is 2. The molecule has 0 spiro atoms. The van der Waals surface area contributed by atoms with Gasteiger partial charge < -0.3 is 20.5 Å². The van der Waals surface area contributed by atoms with E-state index in [1.807, 2.05) is 38.8 Å². The van der Waals surface area contributed by atoms with E-state index in [0.29, 0.717) is 18.1 Å². The quantitative estimate of drug-likeness (QED) is 0.892. The van der Waals surface area contributed by atoms with Crippen molar-refractivity contribution >= 4 is 11.5 Å². The highest BCUT2D eigenvalue weighted by atomic mass is 16.5. The first-order chi connectivity index (χ1) is 9.69. The molecule has 1 aliphatic carbocycles. The van der Waals surface area contributed by atoms with E-state index in [1.165, 1.54) is 0 Å². The first-order valence-electron chi connectivity index (χ1n) is 7.58. The monoisotopic (exact) mass is 293 g/mol. The zero-order valence-electron chi connectivity index (χ0n) is 13.5. The van der Waals surface area contributed by atoms with E-state index < -0.39 is 5.60 Å². The zero-order chi connectivity index (χ0) is 15.7. The number of anilines is 2. The molecule has 3 N–H and O–H groups in total. The molecule has 1 aromatic heterocycles. The molecule has 0 unspecified atom stereocenters. The summed E-state index contributed by atoms with van der Waals surface area (Å²) in [6.45, 7) is 6.47. The Morgan fingerprint density at radius 1 is 1.33 bits per heavy atom. The van der Waals surface area contributed by atoms with Crippen LogP contribution in [0.15, 0.2) is 12.1 Å². The maximum atomic E-state index is 10.5. The first-order valence-corrected chi connectivity index (χ1v) is 7.58. The number of rotatable bonds is 4. The van der Waals surface area contributed by atoms with Crippen molar-refractivity contribution in [3.8, 4) is 5.88 Å². The summed E-state index contributed by atoms with van der Waals surface area (Å²) < 4.78 is 5.79. The number of likely N-dealkylation sites (N-methyl/N-ethyl adjacent to an activating group) is 1. The van der Waals surface area contributed by atoms with Gasteiger partial charge in [0, 0.05) is 13.6 Å². The van der Waals surface area contributed by atoms with E-state index in [0.717, 1.165) is 31.5 Å². The molecule has 5 heteroatoms. The molecule has 1 aromatic rings. The smallest absolute Gasteiger partial charge is 0.239 e. The number of hydrogen-bond acceptors (Lipinski definition) is 5. The van der Waals surface area contributed by atoms with Crippen LogP contribution < -0.4 is 15.4 Å². The number of aromatic nitrogens is 1. The Hall–Kier alpha value is -1.49. The third-order valence-corrected chi connectivity index (χ3v) is 3.73. The fraction of sp³-hybridized carbons (Fsp3) is 0.688. The highest BCUT2D eigenvalue weighted by molar-refractivity contribution is 5.54. The summed E-state index contributed by atoms with van der Waals surface area (Å²) in [5, 5.41) is 10.5. The van der Waals surface area contributed by atoms with Crippen LogP contribution in [-0.2, 0) is 0 Å². The second kappa shape index (κ2) is 5.72. The van der Waals surface area contributed by atoms with Crippen LogP contribution in [0.3, 0.4) is 0 Å². The van der Waals surface area contributed by atoms with Crippen LogP contribution >= 0.6 is 0 Å². The minimum absolute atomic E-state index is 0.345. The predicted molar refractivity (Wildman–Crippen MR) is 85.7 cm³/mol. The van der Waals surface area contributed by atoms with E-state index in [4.69, 9.17) is 10.5 Å². The minimum Gasteiger partial charge on any atom is -0.470 e. The second-order valence-corrected chi connectivity index (χ2v) is 7.07. The molecule has 0 radical (unpaired) electrons. The molecular formula is C16H27N3O2. The van der Waals surface area contributed by atoms with Gasteiger partial charge in [0.05, 0.1) is 11.3 Å². The summed E-state index contributed by atoms with van der Waals surface area (Å²) in [5.74, 6) is 1.22. The molecule has 1 fully saturated rings. The summed E-state index contributed by atoms with van der Waals surface area (Å²) in [6, 6.07) is 3.67. The minimum atomic E-state index is -0.594. The molecule has 5 nitrogen and oxygen atoms in total. The lowest BCUT2D eigenvalue weighted by atomic mass is 10.0. The number of nitrogens with zero attached hydrogens (tertiary/aromatic N) is 2. The molecule has 0 aromatic carbocycles. The van der Waals surface area contributed by atoms with E-state index in [9.17, 15) is 5.11 Å². The van der Waals surface area contributed by atoms with Gasteiger partial charge in [-0.3, -0.25) is 0 Å². The SMILES string of the molecule is CN(CC1(O)CCCC1)c1ccc(N)c(OC(C)(C)C)n1. The lowest BCUT2D eigenvalue weighted by molar-refractivity contribution is 0.0557. The van der Waals surface area contributed by atoms with Crippen LogP contribution in [0.5, 0.6) is 5.88 Å². The Morgan fingerprint density at radius 3 is 2.52 bits per heavy atom. The van der Waals surface area contributed by atoms with Crippen molar-refractivity contribution < 1.29 is 9.84 Å². The van der Waals surface area contributed by atoms with Crippen LogP contribution in [0.1, 0.15) is 46.5 Å². The summed E-state index contributed by atoms with van der Waals surface area (Å²) >= 11 is 0. The highest BCUT2D eigenvalue weighted by Gasteiger charge is 2.32. The van der Waals surface area contributed by atoms with Crippen LogP contribution in [-0.4, -0.2) is 34.9 Å². The highest BCUT2D eigenvalue weighted by Crippen LogP contribution is 2.32. The van der Waals surface area contributed by atoms with E-state index >= 15 is 0 Å². The standard InChI is InChI=1S/C16H27N3O2/c1-15(2,3)21-14-12(17)7-8-13(18-14)19(4)11-16(20)9-5-6-10-16/h7-8,20H,5-6,9-11,17H2,1-4H3. The Balaban J connectivity index is 2.14. The average Bonchev–Trinajstić information content (AvgIpc) is 2.76. The van der Waals surface area contributed by atoms with Gasteiger partial charge in [-0.2, -0.15) is 4.98 Å². The van der Waals surface area contributed by atoms with Gasteiger partial charge in [-0.25, -0.2) is 0 Å². The summed E-state index contributed by atoms with van der Waals surface area (Å²) in [4.78, 5) is 6.47. The van der Waals surface area contributed by atoms with E-state index in [1.54, 1.807) is 6.07 Å². The summed E-state index contributed by atoms with van der Waals surface area (Å²) in [6.07, 6.45) is 3.91. The van der Waals surface area contributed by atoms with Crippen molar-refractivity contribution in [2.24, 2.45) is 0 Å². The van der Waals surface area contributed by atoms with Crippen LogP contribution in [0.2, 0.25) is 0 Å². The van der Waals surface area contributed by atoms with Crippen molar-refractivity contribution in [2.45, 2.75) is 57.7 Å². The molecule has 0 saturated heterocycles. The molecule has 1 aliphatic rings. The molecule has 0 bridgehead atoms. The maximum Gasteiger partial charge on any atom is 0.239 e. The number of nitrogen functional groups attached to an aromatic ring is 1. The van der Waals surface area contributed by atoms with Crippen molar-refractivity contribution in [3.05, 3.63) is 12.1 Å². The van der Waals surface area contributed by atoms with Gasteiger partial charge in [0.2, 0.25) is 5.88 Å². The van der Waals surface area contributed by atoms with E-state index in [2.05, 4.69) is 4.98 Å². The lowest BCUT2D eigenvalue weighted by Crippen LogP contribution is -2.39. The topological polar surface area (TPSA) is 71.6 Å². The van der Waals surface area contributed by atoms with Gasteiger partial charge in [0.15, 0.2) is 0 Å². The maximum absolute atomic E-state index is 10.5. The Kier molecular flexibility index (Phi) is 4.33. The van der Waals surface area contributed by atoms with Gasteiger partial charge >= 0.3 is 0 Å². The molecule has 118 valence electrons. The second-order valence-electron chi connectivity index (χ2n) is 7.07. The van der Waals surface area contributed by atoms with Gasteiger partial charge in [-0.1, -0.05) is 12.8 Å². The number of nitrogens with two attached hydrogens (primary N) is 1. The summed E-state index contributed by atoms with van der Waals surface area (Å²) in [7, 11) is 1.94. The molecule has 0 aliphatic heterocycles. The normalized spacial score (nSPS) is 17.8. The Bertz CT molecular complexity index is 491. The van der Waals surface area contributed by atoms with Crippen molar-refractivity contribution in [3.63, 3.8) is 0 Å². The largest absolute Gasteiger partial charge is 0.470 e. The van der Waals surface area contributed by atoms with Gasteiger partial charge in [-0.05, 0) is 45.7 Å². The number of aliphatic hydroxyl groups is 1. The molecular weight excluding hydrogens is 266 g/mol. The van der Waals surface area contributed by atoms with Gasteiger partial charge in [0.25, 0.3) is 0 Å². The van der Waals surface area contributed by atoms with Crippen LogP contribution in [0.4, 0.5) is 11.5 Å². The molecule has 21 heavy (non-hydrogen) atoms. The molecule has 2 rings (SSSR count). The Morgan fingerprint density at radius 2 is 1.95 bits per heavy atom. The average molecular weight is 293 g/mol. The third-order valence-electron chi connectivity index (χ3n) is 3.73. The molecule has 0 amide bonds. The van der Waals surface area contributed by atoms with Crippen molar-refractivity contribution in [1.82, 2.24) is 4.98 Å². The predicted octanol–water partition coefficient (Wildman–Crippen LogP) is 2.58. The molecule has 0 atom stereocenters. The van der Waals surface area contributed by atoms with E-state index in [-0.39, 0.29) is 5.60 Å². The van der Waals surface area contributed by atoms with Gasteiger partial charge in [-0.15, -0.1) is 0 Å².